The fourth-order valence-corrected chi connectivity index (χ4v) is 2.18. The first-order valence-corrected chi connectivity index (χ1v) is 7.45. The number of halogens is 1. The van der Waals surface area contributed by atoms with Crippen LogP contribution in [0.2, 0.25) is 0 Å². The molecular formula is C18H19FN2O4. The monoisotopic (exact) mass is 346 g/mol. The molecule has 0 aliphatic heterocycles. The Bertz CT molecular complexity index is 779. The first kappa shape index (κ1) is 18.4. The molecule has 0 aliphatic rings. The van der Waals surface area contributed by atoms with Gasteiger partial charge in [-0.2, -0.15) is 0 Å². The average molecular weight is 346 g/mol. The standard InChI is InChI=1S/C18H19FN2O4/c1-25-16(18(24)11-6-7-15(22)12(19)10-11)8-9-17(23)21-14-5-3-2-4-13(14)20/h2-10,16,18,22,24H,20H2,1H3,(H,21,23)/b9-8+/t16-,18-/m1/s1. The number of phenols is 1. The van der Waals surface area contributed by atoms with Crippen LogP contribution in [0.3, 0.4) is 0 Å². The van der Waals surface area contributed by atoms with Crippen LogP contribution in [0.4, 0.5) is 15.8 Å². The number of hydrogen-bond donors (Lipinski definition) is 4. The lowest BCUT2D eigenvalue weighted by Gasteiger charge is -2.19. The van der Waals surface area contributed by atoms with E-state index in [4.69, 9.17) is 10.5 Å². The van der Waals surface area contributed by atoms with Gasteiger partial charge >= 0.3 is 0 Å². The molecule has 0 heterocycles. The largest absolute Gasteiger partial charge is 0.505 e. The first-order valence-electron chi connectivity index (χ1n) is 7.45. The summed E-state index contributed by atoms with van der Waals surface area (Å²) in [6.45, 7) is 0. The normalized spacial score (nSPS) is 13.6. The van der Waals surface area contributed by atoms with E-state index in [-0.39, 0.29) is 5.56 Å². The summed E-state index contributed by atoms with van der Waals surface area (Å²) in [6.07, 6.45) is 0.443. The number of carbonyl (C=O) groups is 1. The van der Waals surface area contributed by atoms with E-state index in [1.165, 1.54) is 25.3 Å². The molecule has 0 aromatic heterocycles. The van der Waals surface area contributed by atoms with Crippen LogP contribution in [0.25, 0.3) is 0 Å². The Morgan fingerprint density at radius 2 is 2.04 bits per heavy atom. The molecule has 1 amide bonds. The van der Waals surface area contributed by atoms with Crippen molar-refractivity contribution in [3.8, 4) is 5.75 Å². The molecule has 0 saturated heterocycles. The van der Waals surface area contributed by atoms with Gasteiger partial charge in [0.1, 0.15) is 12.2 Å². The number of phenolic OH excluding ortho intramolecular Hbond substituents is 1. The number of nitrogens with two attached hydrogens (primary N) is 1. The highest BCUT2D eigenvalue weighted by Crippen LogP contribution is 2.24. The minimum absolute atomic E-state index is 0.208. The Morgan fingerprint density at radius 1 is 1.32 bits per heavy atom. The number of aliphatic hydroxyl groups is 1. The molecule has 2 rings (SSSR count). The molecule has 6 nitrogen and oxygen atoms in total. The third-order valence-electron chi connectivity index (χ3n) is 3.55. The summed E-state index contributed by atoms with van der Waals surface area (Å²) in [5.41, 5.74) is 6.84. The number of para-hydroxylation sites is 2. The summed E-state index contributed by atoms with van der Waals surface area (Å²) in [7, 11) is 1.35. The second kappa shape index (κ2) is 8.27. The number of benzene rings is 2. The Kier molecular flexibility index (Phi) is 6.10. The average Bonchev–Trinajstić information content (AvgIpc) is 2.59. The van der Waals surface area contributed by atoms with Gasteiger partial charge in [-0.05, 0) is 35.9 Å². The molecule has 2 atom stereocenters. The molecule has 7 heteroatoms. The van der Waals surface area contributed by atoms with E-state index >= 15 is 0 Å². The van der Waals surface area contributed by atoms with Crippen molar-refractivity contribution in [1.82, 2.24) is 0 Å². The number of carbonyl (C=O) groups excluding carboxylic acids is 1. The van der Waals surface area contributed by atoms with Crippen LogP contribution in [-0.4, -0.2) is 29.3 Å². The van der Waals surface area contributed by atoms with Crippen molar-refractivity contribution < 1.29 is 24.1 Å². The number of aromatic hydroxyl groups is 1. The number of aliphatic hydroxyl groups excluding tert-OH is 1. The van der Waals surface area contributed by atoms with Gasteiger partial charge in [-0.15, -0.1) is 0 Å². The number of anilines is 2. The Labute approximate surface area is 144 Å². The molecule has 5 N–H and O–H groups in total. The van der Waals surface area contributed by atoms with Gasteiger partial charge in [-0.3, -0.25) is 4.79 Å². The zero-order chi connectivity index (χ0) is 18.4. The van der Waals surface area contributed by atoms with Crippen LogP contribution in [0.5, 0.6) is 5.75 Å². The van der Waals surface area contributed by atoms with E-state index in [1.54, 1.807) is 24.3 Å². The summed E-state index contributed by atoms with van der Waals surface area (Å²) in [4.78, 5) is 12.0. The van der Waals surface area contributed by atoms with Crippen molar-refractivity contribution >= 4 is 17.3 Å². The van der Waals surface area contributed by atoms with E-state index in [9.17, 15) is 19.4 Å². The van der Waals surface area contributed by atoms with E-state index < -0.39 is 29.7 Å². The molecule has 0 radical (unpaired) electrons. The second-order valence-corrected chi connectivity index (χ2v) is 5.29. The number of nitrogen functional groups attached to an aromatic ring is 1. The number of rotatable bonds is 6. The smallest absolute Gasteiger partial charge is 0.248 e. The summed E-state index contributed by atoms with van der Waals surface area (Å²) in [5.74, 6) is -1.82. The maximum atomic E-state index is 13.4. The van der Waals surface area contributed by atoms with E-state index in [0.717, 1.165) is 12.1 Å². The van der Waals surface area contributed by atoms with Crippen molar-refractivity contribution in [2.45, 2.75) is 12.2 Å². The highest BCUT2D eigenvalue weighted by atomic mass is 19.1. The molecule has 0 bridgehead atoms. The topological polar surface area (TPSA) is 105 Å². The number of ether oxygens (including phenoxy) is 1. The lowest BCUT2D eigenvalue weighted by atomic mass is 10.0. The fraction of sp³-hybridized carbons (Fsp3) is 0.167. The summed E-state index contributed by atoms with van der Waals surface area (Å²) >= 11 is 0. The maximum absolute atomic E-state index is 13.4. The van der Waals surface area contributed by atoms with Crippen LogP contribution < -0.4 is 11.1 Å². The van der Waals surface area contributed by atoms with Crippen LogP contribution >= 0.6 is 0 Å². The molecule has 25 heavy (non-hydrogen) atoms. The highest BCUT2D eigenvalue weighted by molar-refractivity contribution is 6.01. The molecule has 0 saturated carbocycles. The van der Waals surface area contributed by atoms with Gasteiger partial charge in [0, 0.05) is 13.2 Å². The molecule has 0 spiro atoms. The van der Waals surface area contributed by atoms with Crippen molar-refractivity contribution in [2.24, 2.45) is 0 Å². The molecule has 0 unspecified atom stereocenters. The number of hydrogen-bond acceptors (Lipinski definition) is 5. The molecule has 2 aromatic rings. The molecule has 0 aliphatic carbocycles. The van der Waals surface area contributed by atoms with Crippen LogP contribution in [-0.2, 0) is 9.53 Å². The lowest BCUT2D eigenvalue weighted by Crippen LogP contribution is -2.20. The Balaban J connectivity index is 2.07. The van der Waals surface area contributed by atoms with E-state index in [2.05, 4.69) is 5.32 Å². The van der Waals surface area contributed by atoms with Crippen molar-refractivity contribution in [1.29, 1.82) is 0 Å². The summed E-state index contributed by atoms with van der Waals surface area (Å²) in [5, 5.41) is 22.1. The first-order chi connectivity index (χ1) is 11.9. The van der Waals surface area contributed by atoms with Crippen molar-refractivity contribution in [3.05, 3.63) is 66.0 Å². The summed E-state index contributed by atoms with van der Waals surface area (Å²) < 4.78 is 18.5. The van der Waals surface area contributed by atoms with Crippen LogP contribution in [0.1, 0.15) is 11.7 Å². The quantitative estimate of drug-likeness (QED) is 0.475. The maximum Gasteiger partial charge on any atom is 0.248 e. The van der Waals surface area contributed by atoms with Gasteiger partial charge in [-0.25, -0.2) is 4.39 Å². The van der Waals surface area contributed by atoms with Gasteiger partial charge in [-0.1, -0.05) is 18.2 Å². The van der Waals surface area contributed by atoms with Gasteiger partial charge in [0.2, 0.25) is 5.91 Å². The third kappa shape index (κ3) is 4.79. The molecule has 0 fully saturated rings. The van der Waals surface area contributed by atoms with Crippen molar-refractivity contribution in [2.75, 3.05) is 18.2 Å². The number of nitrogens with one attached hydrogen (secondary N) is 1. The molecule has 132 valence electrons. The summed E-state index contributed by atoms with van der Waals surface area (Å²) in [6, 6.07) is 10.3. The highest BCUT2D eigenvalue weighted by Gasteiger charge is 2.19. The van der Waals surface area contributed by atoms with E-state index in [0.29, 0.717) is 11.4 Å². The predicted molar refractivity (Wildman–Crippen MR) is 92.4 cm³/mol. The minimum Gasteiger partial charge on any atom is -0.505 e. The van der Waals surface area contributed by atoms with Crippen LogP contribution in [0.15, 0.2) is 54.6 Å². The molecular weight excluding hydrogens is 327 g/mol. The Morgan fingerprint density at radius 3 is 2.68 bits per heavy atom. The minimum atomic E-state index is -1.22. The zero-order valence-electron chi connectivity index (χ0n) is 13.5. The van der Waals surface area contributed by atoms with Gasteiger partial charge in [0.15, 0.2) is 11.6 Å². The number of amides is 1. The lowest BCUT2D eigenvalue weighted by molar-refractivity contribution is -0.112. The van der Waals surface area contributed by atoms with Gasteiger partial charge in [0.25, 0.3) is 0 Å². The van der Waals surface area contributed by atoms with Crippen molar-refractivity contribution in [3.63, 3.8) is 0 Å². The van der Waals surface area contributed by atoms with Crippen LogP contribution in [0, 0.1) is 5.82 Å². The Hall–Kier alpha value is -2.90. The van der Waals surface area contributed by atoms with Gasteiger partial charge in [0.05, 0.1) is 11.4 Å². The third-order valence-corrected chi connectivity index (χ3v) is 3.55. The number of methoxy groups -OCH3 is 1. The zero-order valence-corrected chi connectivity index (χ0v) is 13.5. The SMILES string of the molecule is CO[C@H](/C=C/C(=O)Nc1ccccc1N)[C@H](O)c1ccc(O)c(F)c1. The second-order valence-electron chi connectivity index (χ2n) is 5.29. The molecule has 2 aromatic carbocycles. The van der Waals surface area contributed by atoms with E-state index in [1.807, 2.05) is 0 Å². The predicted octanol–water partition coefficient (Wildman–Crippen LogP) is 2.36. The fourth-order valence-electron chi connectivity index (χ4n) is 2.18. The van der Waals surface area contributed by atoms with Gasteiger partial charge < -0.3 is 26.0 Å².